The molecule has 0 radical (unpaired) electrons. The molecule has 2 aromatic carbocycles. The van der Waals surface area contributed by atoms with Crippen molar-refractivity contribution in [2.45, 2.75) is 43.9 Å². The number of hydrogen-bond acceptors (Lipinski definition) is 4. The molecule has 2 aliphatic rings. The number of nitrogens with one attached hydrogen (secondary N) is 1. The first-order chi connectivity index (χ1) is 17.6. The Morgan fingerprint density at radius 2 is 1.86 bits per heavy atom. The maximum Gasteiger partial charge on any atom is 0.287 e. The summed E-state index contributed by atoms with van der Waals surface area (Å²) in [5.41, 5.74) is 5.01. The van der Waals surface area contributed by atoms with Crippen LogP contribution in [0, 0.1) is 0 Å². The van der Waals surface area contributed by atoms with Crippen molar-refractivity contribution < 1.29 is 13.9 Å². The highest BCUT2D eigenvalue weighted by molar-refractivity contribution is 5.92. The first kappa shape index (κ1) is 23.1. The lowest BCUT2D eigenvalue weighted by molar-refractivity contribution is -0.0335. The van der Waals surface area contributed by atoms with Gasteiger partial charge in [0, 0.05) is 42.7 Å². The van der Waals surface area contributed by atoms with Crippen molar-refractivity contribution in [3.8, 4) is 0 Å². The Kier molecular flexibility index (Phi) is 5.94. The van der Waals surface area contributed by atoms with Crippen molar-refractivity contribution in [1.29, 1.82) is 0 Å². The second-order valence-electron chi connectivity index (χ2n) is 10.1. The summed E-state index contributed by atoms with van der Waals surface area (Å²) in [5, 5.41) is 4.58. The van der Waals surface area contributed by atoms with E-state index < -0.39 is 0 Å². The van der Waals surface area contributed by atoms with Gasteiger partial charge in [-0.3, -0.25) is 9.69 Å². The van der Waals surface area contributed by atoms with E-state index in [1.165, 1.54) is 33.9 Å². The Morgan fingerprint density at radius 1 is 1.08 bits per heavy atom. The third-order valence-corrected chi connectivity index (χ3v) is 8.18. The zero-order chi connectivity index (χ0) is 24.7. The summed E-state index contributed by atoms with van der Waals surface area (Å²) in [6, 6.07) is 20.4. The molecular weight excluding hydrogens is 450 g/mol. The van der Waals surface area contributed by atoms with Gasteiger partial charge in [0.1, 0.15) is 0 Å². The highest BCUT2D eigenvalue weighted by Crippen LogP contribution is 2.52. The number of ether oxygens (including phenoxy) is 1. The van der Waals surface area contributed by atoms with Crippen LogP contribution in [-0.4, -0.2) is 41.2 Å². The lowest BCUT2D eigenvalue weighted by Gasteiger charge is -2.44. The summed E-state index contributed by atoms with van der Waals surface area (Å²) in [6.45, 7) is 5.56. The normalized spacial score (nSPS) is 21.2. The first-order valence-electron chi connectivity index (χ1n) is 12.9. The number of piperidine rings is 1. The van der Waals surface area contributed by atoms with Crippen molar-refractivity contribution >= 4 is 16.8 Å². The molecule has 1 N–H and O–H groups in total. The molecule has 186 valence electrons. The van der Waals surface area contributed by atoms with Gasteiger partial charge in [0.05, 0.1) is 18.4 Å². The summed E-state index contributed by atoms with van der Waals surface area (Å²) in [7, 11) is 2.12. The zero-order valence-electron chi connectivity index (χ0n) is 20.9. The number of fused-ring (bicyclic) bond motifs is 3. The minimum atomic E-state index is -0.205. The number of hydrogen-bond donors (Lipinski definition) is 1. The minimum Gasteiger partial charge on any atom is -0.459 e. The van der Waals surface area contributed by atoms with Crippen LogP contribution in [0.1, 0.15) is 53.1 Å². The molecule has 1 spiro atoms. The van der Waals surface area contributed by atoms with Gasteiger partial charge in [0.2, 0.25) is 0 Å². The molecule has 0 saturated carbocycles. The predicted molar refractivity (Wildman–Crippen MR) is 140 cm³/mol. The van der Waals surface area contributed by atoms with Crippen LogP contribution in [0.3, 0.4) is 0 Å². The monoisotopic (exact) mass is 483 g/mol. The third kappa shape index (κ3) is 3.76. The Hall–Kier alpha value is -3.35. The lowest BCUT2D eigenvalue weighted by Crippen LogP contribution is -2.50. The number of carbonyl (C=O) groups is 1. The second kappa shape index (κ2) is 9.26. The number of benzene rings is 2. The van der Waals surface area contributed by atoms with Crippen LogP contribution in [0.5, 0.6) is 0 Å². The van der Waals surface area contributed by atoms with Crippen LogP contribution >= 0.6 is 0 Å². The van der Waals surface area contributed by atoms with E-state index in [1.807, 2.05) is 6.92 Å². The van der Waals surface area contributed by atoms with Crippen molar-refractivity contribution in [1.82, 2.24) is 14.8 Å². The summed E-state index contributed by atoms with van der Waals surface area (Å²) in [6.07, 6.45) is 5.67. The zero-order valence-corrected chi connectivity index (χ0v) is 20.9. The molecule has 1 fully saturated rings. The van der Waals surface area contributed by atoms with Gasteiger partial charge in [0.15, 0.2) is 5.76 Å². The van der Waals surface area contributed by atoms with Crippen molar-refractivity contribution in [2.24, 2.45) is 7.05 Å². The largest absolute Gasteiger partial charge is 0.459 e. The Morgan fingerprint density at radius 3 is 2.64 bits per heavy atom. The minimum absolute atomic E-state index is 0.112. The average molecular weight is 484 g/mol. The Bertz CT molecular complexity index is 1370. The van der Waals surface area contributed by atoms with E-state index >= 15 is 0 Å². The van der Waals surface area contributed by atoms with Crippen molar-refractivity contribution in [2.75, 3.05) is 19.7 Å². The fourth-order valence-corrected chi connectivity index (χ4v) is 6.52. The summed E-state index contributed by atoms with van der Waals surface area (Å²) in [5.74, 6) is 0.128. The number of furan rings is 1. The van der Waals surface area contributed by atoms with Crippen molar-refractivity contribution in [3.05, 3.63) is 95.6 Å². The van der Waals surface area contributed by atoms with Gasteiger partial charge in [-0.25, -0.2) is 0 Å². The molecule has 1 aliphatic heterocycles. The number of aromatic nitrogens is 1. The van der Waals surface area contributed by atoms with Crippen LogP contribution in [0.4, 0.5) is 0 Å². The molecule has 2 atom stereocenters. The number of para-hydroxylation sites is 1. The maximum absolute atomic E-state index is 13.0. The number of carbonyl (C=O) groups excluding carboxylic acids is 1. The highest BCUT2D eigenvalue weighted by atomic mass is 16.5. The quantitative estimate of drug-likeness (QED) is 0.410. The molecule has 1 aliphatic carbocycles. The van der Waals surface area contributed by atoms with Crippen LogP contribution in [-0.2, 0) is 23.7 Å². The van der Waals surface area contributed by atoms with E-state index in [0.717, 1.165) is 32.5 Å². The summed E-state index contributed by atoms with van der Waals surface area (Å²) in [4.78, 5) is 15.5. The fourth-order valence-electron chi connectivity index (χ4n) is 6.52. The topological polar surface area (TPSA) is 59.6 Å². The highest BCUT2D eigenvalue weighted by Gasteiger charge is 2.54. The smallest absolute Gasteiger partial charge is 0.287 e. The molecule has 3 heterocycles. The van der Waals surface area contributed by atoms with Gasteiger partial charge in [-0.05, 0) is 67.7 Å². The van der Waals surface area contributed by atoms with Gasteiger partial charge in [-0.1, -0.05) is 42.5 Å². The standard InChI is InChI=1S/C30H33N3O3/c1-3-35-28-27(31-29(34)26-13-8-18-36-26)23-10-4-6-11-24(23)30(28)14-16-33(17-15-30)20-21-19-32(2)25-12-7-5-9-22(21)25/h4-13,18-19,27-28H,3,14-17,20H2,1-2H3,(H,31,34)/t27-,28+/m1/s1. The van der Waals surface area contributed by atoms with E-state index in [2.05, 4.69) is 76.6 Å². The Balaban J connectivity index is 1.26. The summed E-state index contributed by atoms with van der Waals surface area (Å²) < 4.78 is 14.0. The molecule has 1 amide bonds. The van der Waals surface area contributed by atoms with E-state index in [0.29, 0.717) is 12.4 Å². The summed E-state index contributed by atoms with van der Waals surface area (Å²) >= 11 is 0. The molecule has 2 aromatic heterocycles. The second-order valence-corrected chi connectivity index (χ2v) is 10.1. The molecule has 1 saturated heterocycles. The average Bonchev–Trinajstić information content (AvgIpc) is 3.61. The fraction of sp³-hybridized carbons (Fsp3) is 0.367. The number of amides is 1. The number of rotatable bonds is 6. The molecule has 36 heavy (non-hydrogen) atoms. The maximum atomic E-state index is 13.0. The Labute approximate surface area is 211 Å². The number of aryl methyl sites for hydroxylation is 1. The van der Waals surface area contributed by atoms with Gasteiger partial charge in [0.25, 0.3) is 5.91 Å². The van der Waals surface area contributed by atoms with Gasteiger partial charge < -0.3 is 19.0 Å². The van der Waals surface area contributed by atoms with Crippen molar-refractivity contribution in [3.63, 3.8) is 0 Å². The van der Waals surface area contributed by atoms with E-state index in [4.69, 9.17) is 9.15 Å². The number of likely N-dealkylation sites (tertiary alicyclic amines) is 1. The van der Waals surface area contributed by atoms with Gasteiger partial charge >= 0.3 is 0 Å². The van der Waals surface area contributed by atoms with Gasteiger partial charge in [-0.15, -0.1) is 0 Å². The molecule has 0 bridgehead atoms. The molecule has 6 rings (SSSR count). The van der Waals surface area contributed by atoms with E-state index in [-0.39, 0.29) is 23.5 Å². The van der Waals surface area contributed by atoms with Crippen LogP contribution in [0.25, 0.3) is 10.9 Å². The van der Waals surface area contributed by atoms with E-state index in [9.17, 15) is 4.79 Å². The molecule has 6 heteroatoms. The molecular formula is C30H33N3O3. The lowest BCUT2D eigenvalue weighted by atomic mass is 9.71. The van der Waals surface area contributed by atoms with E-state index in [1.54, 1.807) is 12.1 Å². The first-order valence-corrected chi connectivity index (χ1v) is 12.9. The number of nitrogens with zero attached hydrogens (tertiary/aromatic N) is 2. The van der Waals surface area contributed by atoms with Crippen LogP contribution in [0.15, 0.2) is 77.5 Å². The molecule has 4 aromatic rings. The van der Waals surface area contributed by atoms with Crippen LogP contribution < -0.4 is 5.32 Å². The predicted octanol–water partition coefficient (Wildman–Crippen LogP) is 5.19. The molecule has 6 nitrogen and oxygen atoms in total. The SMILES string of the molecule is CCO[C@H]1[C@H](NC(=O)c2ccco2)c2ccccc2C12CCN(Cc1cn(C)c3ccccc13)CC2. The van der Waals surface area contributed by atoms with Crippen LogP contribution in [0.2, 0.25) is 0 Å². The van der Waals surface area contributed by atoms with Gasteiger partial charge in [-0.2, -0.15) is 0 Å². The molecule has 0 unspecified atom stereocenters. The third-order valence-electron chi connectivity index (χ3n) is 8.18.